The molecular formula is C16H14BrN2O5S-. The summed E-state index contributed by atoms with van der Waals surface area (Å²) in [5.41, 5.74) is 0.621. The Hall–Kier alpha value is -2.26. The van der Waals surface area contributed by atoms with E-state index in [1.165, 1.54) is 23.6 Å². The molecule has 2 rings (SSSR count). The van der Waals surface area contributed by atoms with E-state index in [0.717, 1.165) is 16.5 Å². The molecule has 132 valence electrons. The highest BCUT2D eigenvalue weighted by Crippen LogP contribution is 2.36. The quantitative estimate of drug-likeness (QED) is 0.311. The average Bonchev–Trinajstić information content (AvgIpc) is 2.82. The summed E-state index contributed by atoms with van der Waals surface area (Å²) in [6.07, 6.45) is 1.23. The second kappa shape index (κ2) is 7.75. The zero-order chi connectivity index (χ0) is 18.7. The Bertz CT molecular complexity index is 876. The van der Waals surface area contributed by atoms with Crippen LogP contribution in [0.5, 0.6) is 5.75 Å². The van der Waals surface area contributed by atoms with Gasteiger partial charge in [0, 0.05) is 21.6 Å². The predicted molar refractivity (Wildman–Crippen MR) is 97.2 cm³/mol. The number of esters is 1. The van der Waals surface area contributed by atoms with Crippen LogP contribution in [-0.4, -0.2) is 23.7 Å². The van der Waals surface area contributed by atoms with Gasteiger partial charge in [0.2, 0.25) is 0 Å². The molecule has 0 N–H and O–H groups in total. The van der Waals surface area contributed by atoms with Crippen molar-refractivity contribution in [2.75, 3.05) is 6.61 Å². The Kier molecular flexibility index (Phi) is 5.91. The van der Waals surface area contributed by atoms with Gasteiger partial charge in [-0.3, -0.25) is 10.1 Å². The number of nitro benzene ring substituents is 1. The lowest BCUT2D eigenvalue weighted by atomic mass is 10.1. The van der Waals surface area contributed by atoms with Gasteiger partial charge in [-0.2, -0.15) is 0 Å². The summed E-state index contributed by atoms with van der Waals surface area (Å²) in [7, 11) is 0. The lowest BCUT2D eigenvalue weighted by Crippen LogP contribution is -2.05. The predicted octanol–water partition coefficient (Wildman–Crippen LogP) is 4.04. The fourth-order valence-corrected chi connectivity index (χ4v) is 3.56. The molecule has 2 aromatic rings. The van der Waals surface area contributed by atoms with E-state index in [9.17, 15) is 20.0 Å². The lowest BCUT2D eigenvalue weighted by Gasteiger charge is -2.10. The van der Waals surface area contributed by atoms with E-state index in [2.05, 4.69) is 20.9 Å². The topological polar surface area (TPSA) is 105 Å². The van der Waals surface area contributed by atoms with E-state index in [4.69, 9.17) is 4.74 Å². The number of hydrogen-bond donors (Lipinski definition) is 0. The summed E-state index contributed by atoms with van der Waals surface area (Å²) in [5, 5.41) is 23.5. The van der Waals surface area contributed by atoms with Gasteiger partial charge in [-0.1, -0.05) is 15.9 Å². The number of nitrogens with zero attached hydrogens (tertiary/aromatic N) is 2. The number of benzene rings is 1. The molecule has 0 radical (unpaired) electrons. The summed E-state index contributed by atoms with van der Waals surface area (Å²) in [4.78, 5) is 27.4. The number of nitro groups is 1. The van der Waals surface area contributed by atoms with Crippen molar-refractivity contribution in [1.82, 2.24) is 0 Å². The molecule has 1 aromatic carbocycles. The zero-order valence-electron chi connectivity index (χ0n) is 13.7. The van der Waals surface area contributed by atoms with Crippen LogP contribution >= 0.6 is 27.3 Å². The van der Waals surface area contributed by atoms with Gasteiger partial charge >= 0.3 is 5.97 Å². The van der Waals surface area contributed by atoms with Gasteiger partial charge in [0.05, 0.1) is 17.1 Å². The summed E-state index contributed by atoms with van der Waals surface area (Å²) in [6, 6.07) is 2.58. The van der Waals surface area contributed by atoms with Crippen LogP contribution in [-0.2, 0) is 4.74 Å². The largest absolute Gasteiger partial charge is 0.867 e. The smallest absolute Gasteiger partial charge is 0.341 e. The minimum Gasteiger partial charge on any atom is -0.867 e. The molecule has 0 aliphatic rings. The summed E-state index contributed by atoms with van der Waals surface area (Å²) in [5.74, 6) is -1.22. The third-order valence-electron chi connectivity index (χ3n) is 3.43. The molecule has 7 nitrogen and oxygen atoms in total. The van der Waals surface area contributed by atoms with Crippen molar-refractivity contribution in [3.05, 3.63) is 48.3 Å². The van der Waals surface area contributed by atoms with Crippen molar-refractivity contribution in [2.24, 2.45) is 4.99 Å². The van der Waals surface area contributed by atoms with E-state index < -0.39 is 22.3 Å². The molecule has 0 aliphatic heterocycles. The number of thiophene rings is 1. The van der Waals surface area contributed by atoms with Gasteiger partial charge in [-0.25, -0.2) is 9.79 Å². The van der Waals surface area contributed by atoms with Gasteiger partial charge in [-0.15, -0.1) is 11.3 Å². The second-order valence-electron chi connectivity index (χ2n) is 5.04. The van der Waals surface area contributed by atoms with E-state index in [1.807, 2.05) is 6.92 Å². The first kappa shape index (κ1) is 19.1. The third kappa shape index (κ3) is 4.05. The minimum absolute atomic E-state index is 0.0552. The molecule has 9 heteroatoms. The zero-order valence-corrected chi connectivity index (χ0v) is 16.1. The maximum Gasteiger partial charge on any atom is 0.341 e. The van der Waals surface area contributed by atoms with Crippen molar-refractivity contribution < 1.29 is 19.6 Å². The SMILES string of the molecule is CCOC(=O)c1c(N=Cc2cc(Br)cc([N+](=O)[O-])c2[O-])sc(C)c1C. The van der Waals surface area contributed by atoms with Gasteiger partial charge < -0.3 is 9.84 Å². The fraction of sp³-hybridized carbons (Fsp3) is 0.250. The third-order valence-corrected chi connectivity index (χ3v) is 5.00. The average molecular weight is 426 g/mol. The normalized spacial score (nSPS) is 11.0. The van der Waals surface area contributed by atoms with Crippen LogP contribution < -0.4 is 5.11 Å². The lowest BCUT2D eigenvalue weighted by molar-refractivity contribution is -0.398. The molecule has 0 saturated heterocycles. The summed E-state index contributed by atoms with van der Waals surface area (Å²) < 4.78 is 5.44. The number of halogens is 1. The second-order valence-corrected chi connectivity index (χ2v) is 7.16. The molecule has 0 saturated carbocycles. The van der Waals surface area contributed by atoms with Gasteiger partial charge in [0.25, 0.3) is 5.69 Å². The standard InChI is InChI=1S/C16H15BrN2O5S/c1-4-24-16(21)13-8(2)9(3)25-15(13)18-7-10-5-11(17)6-12(14(10)20)19(22)23/h5-7,20H,4H2,1-3H3/p-1. The molecule has 0 fully saturated rings. The Morgan fingerprint density at radius 2 is 2.12 bits per heavy atom. The van der Waals surface area contributed by atoms with Crippen molar-refractivity contribution >= 4 is 50.1 Å². The Labute approximate surface area is 156 Å². The van der Waals surface area contributed by atoms with Crippen molar-refractivity contribution in [3.63, 3.8) is 0 Å². The van der Waals surface area contributed by atoms with E-state index in [0.29, 0.717) is 15.0 Å². The van der Waals surface area contributed by atoms with E-state index >= 15 is 0 Å². The van der Waals surface area contributed by atoms with E-state index in [-0.39, 0.29) is 12.2 Å². The molecule has 0 amide bonds. The van der Waals surface area contributed by atoms with Crippen LogP contribution in [0.15, 0.2) is 21.6 Å². The number of aryl methyl sites for hydroxylation is 1. The van der Waals surface area contributed by atoms with Crippen LogP contribution in [0, 0.1) is 24.0 Å². The molecule has 0 unspecified atom stereocenters. The first-order valence-electron chi connectivity index (χ1n) is 7.22. The number of ether oxygens (including phenoxy) is 1. The number of aliphatic imine (C=N–C) groups is 1. The van der Waals surface area contributed by atoms with Crippen LogP contribution in [0.1, 0.15) is 33.3 Å². The van der Waals surface area contributed by atoms with Gasteiger partial charge in [0.1, 0.15) is 5.00 Å². The maximum absolute atomic E-state index is 12.1. The molecule has 0 atom stereocenters. The van der Waals surface area contributed by atoms with Gasteiger partial charge in [0.15, 0.2) is 0 Å². The Balaban J connectivity index is 2.49. The van der Waals surface area contributed by atoms with Crippen LogP contribution in [0.3, 0.4) is 0 Å². The number of hydrogen-bond acceptors (Lipinski definition) is 7. The molecule has 1 heterocycles. The Morgan fingerprint density at radius 1 is 1.44 bits per heavy atom. The van der Waals surface area contributed by atoms with Crippen molar-refractivity contribution in [1.29, 1.82) is 0 Å². The summed E-state index contributed by atoms with van der Waals surface area (Å²) in [6.45, 7) is 5.59. The highest BCUT2D eigenvalue weighted by atomic mass is 79.9. The van der Waals surface area contributed by atoms with Crippen LogP contribution in [0.2, 0.25) is 0 Å². The van der Waals surface area contributed by atoms with Crippen LogP contribution in [0.4, 0.5) is 10.7 Å². The molecular weight excluding hydrogens is 412 g/mol. The van der Waals surface area contributed by atoms with Gasteiger partial charge in [-0.05, 0) is 43.7 Å². The number of rotatable bonds is 5. The van der Waals surface area contributed by atoms with Crippen molar-refractivity contribution in [3.8, 4) is 5.75 Å². The fourth-order valence-electron chi connectivity index (χ4n) is 2.10. The van der Waals surface area contributed by atoms with E-state index in [1.54, 1.807) is 13.8 Å². The molecule has 0 aliphatic carbocycles. The Morgan fingerprint density at radius 3 is 2.72 bits per heavy atom. The number of carbonyl (C=O) groups is 1. The number of carbonyl (C=O) groups excluding carboxylic acids is 1. The molecule has 25 heavy (non-hydrogen) atoms. The highest BCUT2D eigenvalue weighted by Gasteiger charge is 2.20. The maximum atomic E-state index is 12.1. The first-order valence-corrected chi connectivity index (χ1v) is 8.83. The van der Waals surface area contributed by atoms with Crippen LogP contribution in [0.25, 0.3) is 0 Å². The summed E-state index contributed by atoms with van der Waals surface area (Å²) >= 11 is 4.43. The van der Waals surface area contributed by atoms with Crippen molar-refractivity contribution in [2.45, 2.75) is 20.8 Å². The highest BCUT2D eigenvalue weighted by molar-refractivity contribution is 9.10. The molecule has 1 aromatic heterocycles. The molecule has 0 spiro atoms. The first-order chi connectivity index (χ1) is 11.8. The monoisotopic (exact) mass is 425 g/mol. The molecule has 0 bridgehead atoms. The minimum atomic E-state index is -0.742.